The van der Waals surface area contributed by atoms with E-state index in [1.54, 1.807) is 22.7 Å². The first-order valence-electron chi connectivity index (χ1n) is 3.84. The smallest absolute Gasteiger partial charge is 0.174 e. The Bertz CT molecular complexity index is 378. The van der Waals surface area contributed by atoms with Crippen molar-refractivity contribution < 1.29 is 13.2 Å². The van der Waals surface area contributed by atoms with Crippen molar-refractivity contribution in [2.24, 2.45) is 0 Å². The molecule has 2 aromatic rings. The Labute approximate surface area is 98.8 Å². The maximum absolute atomic E-state index is 9.67. The average Bonchev–Trinajstić information content (AvgIpc) is 2.71. The first kappa shape index (κ1) is 12.6. The highest BCUT2D eigenvalue weighted by atomic mass is 32.2. The normalized spacial score (nSPS) is 9.93. The van der Waals surface area contributed by atoms with Gasteiger partial charge in [0.1, 0.15) is 0 Å². The topological polar surface area (TPSA) is 0 Å². The SMILES string of the molecule is FC(F)F.Sc1ccc(-c2cccs2)s1. The maximum Gasteiger partial charge on any atom is 0.379 e. The van der Waals surface area contributed by atoms with Crippen LogP contribution in [0.25, 0.3) is 9.75 Å². The Morgan fingerprint density at radius 2 is 1.73 bits per heavy atom. The van der Waals surface area contributed by atoms with Crippen molar-refractivity contribution in [2.45, 2.75) is 10.9 Å². The fourth-order valence-electron chi connectivity index (χ4n) is 0.879. The summed E-state index contributed by atoms with van der Waals surface area (Å²) in [6.45, 7) is -3.67. The Kier molecular flexibility index (Phi) is 5.21. The number of hydrogen-bond donors (Lipinski definition) is 1. The summed E-state index contributed by atoms with van der Waals surface area (Å²) in [5, 5.41) is 2.09. The van der Waals surface area contributed by atoms with Gasteiger partial charge in [-0.15, -0.1) is 35.3 Å². The number of rotatable bonds is 1. The van der Waals surface area contributed by atoms with Crippen LogP contribution in [0, 0.1) is 0 Å². The number of thiophene rings is 2. The molecule has 0 aromatic carbocycles. The second-order valence-corrected chi connectivity index (χ2v) is 5.18. The molecule has 0 fully saturated rings. The van der Waals surface area contributed by atoms with Crippen LogP contribution in [0.15, 0.2) is 33.9 Å². The Morgan fingerprint density at radius 1 is 1.07 bits per heavy atom. The zero-order valence-corrected chi connectivity index (χ0v) is 9.89. The summed E-state index contributed by atoms with van der Waals surface area (Å²) in [6, 6.07) is 8.34. The van der Waals surface area contributed by atoms with Crippen LogP contribution in [0.4, 0.5) is 13.2 Å². The van der Waals surface area contributed by atoms with Gasteiger partial charge in [0.2, 0.25) is 0 Å². The van der Waals surface area contributed by atoms with E-state index in [0.717, 1.165) is 4.21 Å². The largest absolute Gasteiger partial charge is 0.379 e. The van der Waals surface area contributed by atoms with Gasteiger partial charge in [0, 0.05) is 9.75 Å². The summed E-state index contributed by atoms with van der Waals surface area (Å²) < 4.78 is 30.1. The second kappa shape index (κ2) is 6.19. The molecular weight excluding hydrogens is 261 g/mol. The first-order valence-corrected chi connectivity index (χ1v) is 5.99. The van der Waals surface area contributed by atoms with Gasteiger partial charge < -0.3 is 0 Å². The zero-order valence-electron chi connectivity index (χ0n) is 7.36. The Morgan fingerprint density at radius 3 is 2.13 bits per heavy atom. The molecule has 0 N–H and O–H groups in total. The van der Waals surface area contributed by atoms with Gasteiger partial charge in [-0.1, -0.05) is 6.07 Å². The number of halogens is 3. The van der Waals surface area contributed by atoms with Crippen molar-refractivity contribution in [1.82, 2.24) is 0 Å². The van der Waals surface area contributed by atoms with E-state index in [9.17, 15) is 13.2 Å². The van der Waals surface area contributed by atoms with E-state index in [1.807, 2.05) is 6.07 Å². The predicted octanol–water partition coefficient (Wildman–Crippen LogP) is 4.94. The summed E-state index contributed by atoms with van der Waals surface area (Å²) in [6.07, 6.45) is 0. The van der Waals surface area contributed by atoms with Crippen LogP contribution < -0.4 is 0 Å². The highest BCUT2D eigenvalue weighted by Crippen LogP contribution is 2.32. The molecule has 2 aromatic heterocycles. The molecule has 2 heterocycles. The molecule has 0 unspecified atom stereocenters. The summed E-state index contributed by atoms with van der Waals surface area (Å²) in [4.78, 5) is 2.64. The van der Waals surface area contributed by atoms with Gasteiger partial charge in [-0.05, 0) is 23.6 Å². The summed E-state index contributed by atoms with van der Waals surface area (Å²) >= 11 is 7.75. The lowest BCUT2D eigenvalue weighted by Gasteiger charge is -1.85. The van der Waals surface area contributed by atoms with E-state index in [2.05, 4.69) is 36.2 Å². The number of thiol groups is 1. The van der Waals surface area contributed by atoms with Crippen LogP contribution in [-0.4, -0.2) is 6.68 Å². The lowest BCUT2D eigenvalue weighted by Crippen LogP contribution is -1.65. The highest BCUT2D eigenvalue weighted by Gasteiger charge is 1.99. The predicted molar refractivity (Wildman–Crippen MR) is 62.0 cm³/mol. The van der Waals surface area contributed by atoms with Crippen LogP contribution in [0.3, 0.4) is 0 Å². The standard InChI is InChI=1S/C8H6S3.CHF3/c9-8-4-3-7(11-8)6-2-1-5-10-6;2-1(3)4/h1-5,9H;1H. The van der Waals surface area contributed by atoms with Crippen molar-refractivity contribution in [3.63, 3.8) is 0 Å². The molecule has 0 bridgehead atoms. The van der Waals surface area contributed by atoms with Crippen molar-refractivity contribution in [3.8, 4) is 9.75 Å². The monoisotopic (exact) mass is 268 g/mol. The van der Waals surface area contributed by atoms with Gasteiger partial charge in [0.15, 0.2) is 0 Å². The molecule has 0 aliphatic heterocycles. The van der Waals surface area contributed by atoms with E-state index in [4.69, 9.17) is 0 Å². The van der Waals surface area contributed by atoms with Crippen LogP contribution >= 0.6 is 35.3 Å². The fraction of sp³-hybridized carbons (Fsp3) is 0.111. The second-order valence-electron chi connectivity index (χ2n) is 2.36. The molecule has 0 aliphatic carbocycles. The summed E-state index contributed by atoms with van der Waals surface area (Å²) in [5.41, 5.74) is 0. The van der Waals surface area contributed by atoms with Crippen LogP contribution in [-0.2, 0) is 0 Å². The third-order valence-electron chi connectivity index (χ3n) is 1.36. The molecule has 0 nitrogen and oxygen atoms in total. The Balaban J connectivity index is 0.000000245. The van der Waals surface area contributed by atoms with Gasteiger partial charge in [0.25, 0.3) is 0 Å². The molecule has 0 radical (unpaired) electrons. The van der Waals surface area contributed by atoms with Crippen LogP contribution in [0.5, 0.6) is 0 Å². The van der Waals surface area contributed by atoms with Crippen molar-refractivity contribution in [2.75, 3.05) is 0 Å². The van der Waals surface area contributed by atoms with Crippen molar-refractivity contribution >= 4 is 35.3 Å². The third-order valence-corrected chi connectivity index (χ3v) is 3.73. The molecule has 0 saturated heterocycles. The molecule has 0 atom stereocenters. The summed E-state index contributed by atoms with van der Waals surface area (Å²) in [5.74, 6) is 0. The van der Waals surface area contributed by atoms with E-state index in [0.29, 0.717) is 0 Å². The molecule has 0 aliphatic rings. The van der Waals surface area contributed by atoms with Gasteiger partial charge in [-0.25, -0.2) is 0 Å². The maximum atomic E-state index is 9.67. The molecule has 0 spiro atoms. The quantitative estimate of drug-likeness (QED) is 0.695. The zero-order chi connectivity index (χ0) is 11.3. The minimum atomic E-state index is -3.67. The molecular formula is C9H7F3S3. The fourth-order valence-corrected chi connectivity index (χ4v) is 2.83. The molecule has 82 valence electrons. The minimum Gasteiger partial charge on any atom is -0.174 e. The lowest BCUT2D eigenvalue weighted by atomic mass is 10.4. The van der Waals surface area contributed by atoms with E-state index >= 15 is 0 Å². The number of hydrogen-bond acceptors (Lipinski definition) is 3. The average molecular weight is 268 g/mol. The summed E-state index contributed by atoms with van der Waals surface area (Å²) in [7, 11) is 0. The van der Waals surface area contributed by atoms with Crippen LogP contribution in [0.2, 0.25) is 0 Å². The highest BCUT2D eigenvalue weighted by molar-refractivity contribution is 7.83. The molecule has 2 rings (SSSR count). The molecule has 15 heavy (non-hydrogen) atoms. The Hall–Kier alpha value is -0.460. The lowest BCUT2D eigenvalue weighted by molar-refractivity contribution is 0.00819. The molecule has 0 saturated carbocycles. The van der Waals surface area contributed by atoms with E-state index < -0.39 is 6.68 Å². The number of alkyl halides is 3. The van der Waals surface area contributed by atoms with Crippen molar-refractivity contribution in [3.05, 3.63) is 29.6 Å². The van der Waals surface area contributed by atoms with Gasteiger partial charge in [0.05, 0.1) is 4.21 Å². The first-order chi connectivity index (χ1) is 7.09. The van der Waals surface area contributed by atoms with Gasteiger partial charge in [-0.3, -0.25) is 0 Å². The molecule has 6 heteroatoms. The van der Waals surface area contributed by atoms with Crippen LogP contribution in [0.1, 0.15) is 0 Å². The van der Waals surface area contributed by atoms with Gasteiger partial charge in [-0.2, -0.15) is 13.2 Å². The molecule has 0 amide bonds. The van der Waals surface area contributed by atoms with Gasteiger partial charge >= 0.3 is 6.68 Å². The third kappa shape index (κ3) is 4.72. The minimum absolute atomic E-state index is 1.08. The van der Waals surface area contributed by atoms with E-state index in [1.165, 1.54) is 9.75 Å². The van der Waals surface area contributed by atoms with Crippen molar-refractivity contribution in [1.29, 1.82) is 0 Å². The van der Waals surface area contributed by atoms with E-state index in [-0.39, 0.29) is 0 Å².